The molecule has 2 nitrogen and oxygen atoms in total. The highest BCUT2D eigenvalue weighted by Crippen LogP contribution is 2.60. The van der Waals surface area contributed by atoms with Crippen LogP contribution in [-0.4, -0.2) is 22.9 Å². The Kier molecular flexibility index (Phi) is 3.16. The average Bonchev–Trinajstić information content (AvgIpc) is 2.24. The van der Waals surface area contributed by atoms with E-state index in [1.165, 1.54) is 0 Å². The molecule has 0 amide bonds. The Bertz CT molecular complexity index is 321. The summed E-state index contributed by atoms with van der Waals surface area (Å²) in [6, 6.07) is 0. The van der Waals surface area contributed by atoms with Crippen molar-refractivity contribution in [2.24, 2.45) is 22.7 Å². The van der Waals surface area contributed by atoms with Gasteiger partial charge in [0.05, 0.1) is 12.7 Å². The normalized spacial score (nSPS) is 45.5. The van der Waals surface area contributed by atoms with Gasteiger partial charge in [0.2, 0.25) is 0 Å². The number of aliphatic hydroxyl groups excluding tert-OH is 2. The van der Waals surface area contributed by atoms with E-state index < -0.39 is 0 Å². The molecular weight excluding hydrogens is 212 g/mol. The lowest BCUT2D eigenvalue weighted by molar-refractivity contribution is -0.144. The first-order chi connectivity index (χ1) is 7.84. The van der Waals surface area contributed by atoms with Crippen LogP contribution in [0.2, 0.25) is 0 Å². The van der Waals surface area contributed by atoms with Crippen LogP contribution in [0.4, 0.5) is 0 Å². The van der Waals surface area contributed by atoms with Gasteiger partial charge in [0.25, 0.3) is 0 Å². The average molecular weight is 238 g/mol. The molecule has 0 aromatic rings. The fraction of sp³-hybridized carbons (Fsp3) is 0.867. The van der Waals surface area contributed by atoms with Crippen LogP contribution in [0.25, 0.3) is 0 Å². The lowest BCUT2D eigenvalue weighted by Crippen LogP contribution is -2.57. The molecule has 2 heteroatoms. The van der Waals surface area contributed by atoms with Crippen LogP contribution in [-0.2, 0) is 0 Å². The van der Waals surface area contributed by atoms with Gasteiger partial charge in [0.15, 0.2) is 0 Å². The van der Waals surface area contributed by atoms with Crippen molar-refractivity contribution in [3.63, 3.8) is 0 Å². The molecule has 0 radical (unpaired) electrons. The Labute approximate surface area is 105 Å². The SMILES string of the molecule is C=C1CCC2C(C)(C)CCC(O)C2(C)C1CO. The van der Waals surface area contributed by atoms with Crippen LogP contribution in [0.1, 0.15) is 46.5 Å². The van der Waals surface area contributed by atoms with E-state index in [9.17, 15) is 10.2 Å². The molecule has 2 saturated carbocycles. The van der Waals surface area contributed by atoms with Gasteiger partial charge in [-0.2, -0.15) is 0 Å². The van der Waals surface area contributed by atoms with Crippen molar-refractivity contribution in [2.45, 2.75) is 52.6 Å². The lowest BCUT2D eigenvalue weighted by Gasteiger charge is -2.59. The molecule has 0 aromatic heterocycles. The Morgan fingerprint density at radius 2 is 1.94 bits per heavy atom. The summed E-state index contributed by atoms with van der Waals surface area (Å²) in [6.45, 7) is 11.0. The first kappa shape index (κ1) is 13.1. The van der Waals surface area contributed by atoms with Crippen LogP contribution in [0.15, 0.2) is 12.2 Å². The maximum atomic E-state index is 10.5. The van der Waals surface area contributed by atoms with Crippen molar-refractivity contribution < 1.29 is 10.2 Å². The predicted molar refractivity (Wildman–Crippen MR) is 69.6 cm³/mol. The van der Waals surface area contributed by atoms with Gasteiger partial charge in [-0.15, -0.1) is 0 Å². The van der Waals surface area contributed by atoms with Crippen LogP contribution in [0, 0.1) is 22.7 Å². The molecule has 2 fully saturated rings. The van der Waals surface area contributed by atoms with Crippen molar-refractivity contribution in [2.75, 3.05) is 6.61 Å². The third kappa shape index (κ3) is 1.77. The molecule has 2 aliphatic carbocycles. The predicted octanol–water partition coefficient (Wildman–Crippen LogP) is 2.75. The topological polar surface area (TPSA) is 40.5 Å². The monoisotopic (exact) mass is 238 g/mol. The number of hydrogen-bond acceptors (Lipinski definition) is 2. The summed E-state index contributed by atoms with van der Waals surface area (Å²) in [7, 11) is 0. The van der Waals surface area contributed by atoms with Gasteiger partial charge in [-0.3, -0.25) is 0 Å². The summed E-state index contributed by atoms with van der Waals surface area (Å²) < 4.78 is 0. The molecule has 0 aliphatic heterocycles. The number of hydrogen-bond donors (Lipinski definition) is 2. The fourth-order valence-corrected chi connectivity index (χ4v) is 4.51. The molecule has 0 saturated heterocycles. The number of rotatable bonds is 1. The van der Waals surface area contributed by atoms with Gasteiger partial charge < -0.3 is 10.2 Å². The van der Waals surface area contributed by atoms with E-state index in [4.69, 9.17) is 0 Å². The zero-order chi connectivity index (χ0) is 12.8. The summed E-state index contributed by atoms with van der Waals surface area (Å²) >= 11 is 0. The van der Waals surface area contributed by atoms with Crippen molar-refractivity contribution in [1.29, 1.82) is 0 Å². The van der Waals surface area contributed by atoms with Crippen LogP contribution < -0.4 is 0 Å². The first-order valence-electron chi connectivity index (χ1n) is 6.80. The maximum Gasteiger partial charge on any atom is 0.0603 e. The Balaban J connectivity index is 2.42. The smallest absolute Gasteiger partial charge is 0.0603 e. The van der Waals surface area contributed by atoms with Crippen LogP contribution in [0.5, 0.6) is 0 Å². The zero-order valence-electron chi connectivity index (χ0n) is 11.4. The van der Waals surface area contributed by atoms with Gasteiger partial charge in [0, 0.05) is 11.3 Å². The minimum Gasteiger partial charge on any atom is -0.396 e. The van der Waals surface area contributed by atoms with Crippen molar-refractivity contribution in [3.8, 4) is 0 Å². The Hall–Kier alpha value is -0.340. The second-order valence-electron chi connectivity index (χ2n) is 6.89. The molecule has 0 heterocycles. The molecule has 98 valence electrons. The molecule has 17 heavy (non-hydrogen) atoms. The van der Waals surface area contributed by atoms with E-state index in [-0.39, 0.29) is 29.5 Å². The first-order valence-corrected chi connectivity index (χ1v) is 6.80. The number of aliphatic hydroxyl groups is 2. The molecular formula is C15H26O2. The number of fused-ring (bicyclic) bond motifs is 1. The van der Waals surface area contributed by atoms with Crippen LogP contribution >= 0.6 is 0 Å². The highest BCUT2D eigenvalue weighted by atomic mass is 16.3. The van der Waals surface area contributed by atoms with E-state index >= 15 is 0 Å². The Morgan fingerprint density at radius 1 is 1.29 bits per heavy atom. The highest BCUT2D eigenvalue weighted by Gasteiger charge is 2.56. The molecule has 0 spiro atoms. The third-order valence-electron chi connectivity index (χ3n) is 5.65. The van der Waals surface area contributed by atoms with Gasteiger partial charge in [-0.25, -0.2) is 0 Å². The molecule has 2 N–H and O–H groups in total. The summed E-state index contributed by atoms with van der Waals surface area (Å²) in [5.74, 6) is 0.553. The molecule has 4 atom stereocenters. The molecule has 4 unspecified atom stereocenters. The van der Waals surface area contributed by atoms with E-state index in [0.717, 1.165) is 31.3 Å². The maximum absolute atomic E-state index is 10.5. The van der Waals surface area contributed by atoms with E-state index in [1.807, 2.05) is 0 Å². The summed E-state index contributed by atoms with van der Waals surface area (Å²) in [5, 5.41) is 20.1. The summed E-state index contributed by atoms with van der Waals surface area (Å²) in [6.07, 6.45) is 3.75. The molecule has 2 aliphatic rings. The molecule has 0 aromatic carbocycles. The van der Waals surface area contributed by atoms with Crippen LogP contribution in [0.3, 0.4) is 0 Å². The summed E-state index contributed by atoms with van der Waals surface area (Å²) in [4.78, 5) is 0. The minimum atomic E-state index is -0.297. The van der Waals surface area contributed by atoms with Gasteiger partial charge in [0.1, 0.15) is 0 Å². The second kappa shape index (κ2) is 4.10. The standard InChI is InChI=1S/C15H26O2/c1-10-5-6-12-14(2,3)8-7-13(17)15(12,4)11(10)9-16/h11-13,16-17H,1,5-9H2,2-4H3. The zero-order valence-corrected chi connectivity index (χ0v) is 11.4. The van der Waals surface area contributed by atoms with E-state index in [2.05, 4.69) is 27.4 Å². The van der Waals surface area contributed by atoms with Gasteiger partial charge >= 0.3 is 0 Å². The van der Waals surface area contributed by atoms with E-state index in [0.29, 0.717) is 5.92 Å². The highest BCUT2D eigenvalue weighted by molar-refractivity contribution is 5.17. The van der Waals surface area contributed by atoms with Crippen molar-refractivity contribution in [3.05, 3.63) is 12.2 Å². The summed E-state index contributed by atoms with van der Waals surface area (Å²) in [5.41, 5.74) is 1.21. The van der Waals surface area contributed by atoms with Crippen molar-refractivity contribution >= 4 is 0 Å². The molecule has 2 rings (SSSR count). The Morgan fingerprint density at radius 3 is 2.53 bits per heavy atom. The van der Waals surface area contributed by atoms with E-state index in [1.54, 1.807) is 0 Å². The fourth-order valence-electron chi connectivity index (χ4n) is 4.51. The van der Waals surface area contributed by atoms with Gasteiger partial charge in [-0.05, 0) is 37.0 Å². The lowest BCUT2D eigenvalue weighted by atomic mass is 9.47. The second-order valence-corrected chi connectivity index (χ2v) is 6.89. The molecule has 0 bridgehead atoms. The van der Waals surface area contributed by atoms with Crippen molar-refractivity contribution in [1.82, 2.24) is 0 Å². The third-order valence-corrected chi connectivity index (χ3v) is 5.65. The quantitative estimate of drug-likeness (QED) is 0.690. The minimum absolute atomic E-state index is 0.0656. The largest absolute Gasteiger partial charge is 0.396 e. The van der Waals surface area contributed by atoms with Gasteiger partial charge in [-0.1, -0.05) is 32.9 Å².